The second-order valence-corrected chi connectivity index (χ2v) is 8.30. The number of esters is 1. The van der Waals surface area contributed by atoms with E-state index < -0.39 is 5.97 Å². The zero-order valence-electron chi connectivity index (χ0n) is 16.6. The summed E-state index contributed by atoms with van der Waals surface area (Å²) < 4.78 is 6.54. The van der Waals surface area contributed by atoms with Crippen molar-refractivity contribution in [3.8, 4) is 0 Å². The molecule has 150 valence electrons. The van der Waals surface area contributed by atoms with Gasteiger partial charge in [-0.15, -0.1) is 11.3 Å². The molecular weight excluding hydrogens is 378 g/mol. The van der Waals surface area contributed by atoms with Crippen LogP contribution in [0, 0.1) is 19.8 Å². The van der Waals surface area contributed by atoms with Crippen LogP contribution in [0.1, 0.15) is 52.6 Å². The first-order chi connectivity index (χ1) is 13.3. The molecule has 0 bridgehead atoms. The fourth-order valence-electron chi connectivity index (χ4n) is 3.52. The number of rotatable bonds is 5. The van der Waals surface area contributed by atoms with E-state index in [9.17, 15) is 14.4 Å². The van der Waals surface area contributed by atoms with Crippen molar-refractivity contribution < 1.29 is 14.3 Å². The lowest BCUT2D eigenvalue weighted by Gasteiger charge is -2.18. The van der Waals surface area contributed by atoms with Crippen LogP contribution in [0.25, 0.3) is 0 Å². The first kappa shape index (κ1) is 20.3. The van der Waals surface area contributed by atoms with E-state index in [1.54, 1.807) is 20.8 Å². The Hall–Kier alpha value is -2.48. The van der Waals surface area contributed by atoms with E-state index in [2.05, 4.69) is 17.2 Å². The Balaban J connectivity index is 1.88. The number of hydrogen-bond acceptors (Lipinski definition) is 6. The van der Waals surface area contributed by atoms with Gasteiger partial charge in [0.25, 0.3) is 5.56 Å². The molecule has 0 unspecified atom stereocenters. The number of nitrogens with one attached hydrogen (secondary N) is 1. The Kier molecular flexibility index (Phi) is 5.98. The maximum atomic E-state index is 12.6. The first-order valence-electron chi connectivity index (χ1n) is 9.46. The number of carbonyl (C=O) groups is 2. The van der Waals surface area contributed by atoms with Crippen molar-refractivity contribution in [2.45, 2.75) is 53.5 Å². The molecule has 1 atom stereocenters. The van der Waals surface area contributed by atoms with E-state index in [0.717, 1.165) is 29.7 Å². The van der Waals surface area contributed by atoms with E-state index in [1.807, 2.05) is 0 Å². The molecule has 0 saturated carbocycles. The van der Waals surface area contributed by atoms with Gasteiger partial charge in [-0.2, -0.15) is 0 Å². The van der Waals surface area contributed by atoms with Gasteiger partial charge in [0.15, 0.2) is 0 Å². The van der Waals surface area contributed by atoms with Crippen LogP contribution in [0.3, 0.4) is 0 Å². The first-order valence-corrected chi connectivity index (χ1v) is 10.3. The molecule has 0 aromatic carbocycles. The molecule has 0 radical (unpaired) electrons. The monoisotopic (exact) mass is 403 g/mol. The average Bonchev–Trinajstić information content (AvgIpc) is 2.95. The Morgan fingerprint density at radius 1 is 1.39 bits per heavy atom. The molecule has 0 spiro atoms. The summed E-state index contributed by atoms with van der Waals surface area (Å²) in [6.45, 7) is 7.50. The molecule has 2 aromatic heterocycles. The number of fused-ring (bicyclic) bond motifs is 1. The van der Waals surface area contributed by atoms with Crippen LogP contribution in [0.15, 0.2) is 10.9 Å². The molecule has 8 heteroatoms. The molecule has 2 heterocycles. The molecule has 0 fully saturated rings. The van der Waals surface area contributed by atoms with Crippen molar-refractivity contribution in [3.05, 3.63) is 43.9 Å². The van der Waals surface area contributed by atoms with E-state index in [0.29, 0.717) is 28.0 Å². The van der Waals surface area contributed by atoms with Gasteiger partial charge in [0.1, 0.15) is 17.4 Å². The Bertz CT molecular complexity index is 977. The summed E-state index contributed by atoms with van der Waals surface area (Å²) >= 11 is 1.43. The van der Waals surface area contributed by atoms with E-state index in [1.165, 1.54) is 22.0 Å². The summed E-state index contributed by atoms with van der Waals surface area (Å²) in [5.74, 6) is 0.248. The minimum Gasteiger partial charge on any atom is -0.462 e. The highest BCUT2D eigenvalue weighted by molar-refractivity contribution is 7.17. The number of hydrogen-bond donors (Lipinski definition) is 1. The summed E-state index contributed by atoms with van der Waals surface area (Å²) in [6.07, 6.45) is 2.70. The van der Waals surface area contributed by atoms with Gasteiger partial charge in [-0.05, 0) is 51.5 Å². The number of carbonyl (C=O) groups excluding carboxylic acids is 2. The molecule has 1 aliphatic carbocycles. The lowest BCUT2D eigenvalue weighted by Crippen LogP contribution is -2.30. The molecule has 28 heavy (non-hydrogen) atoms. The average molecular weight is 404 g/mol. The summed E-state index contributed by atoms with van der Waals surface area (Å²) in [5, 5.41) is 3.34. The number of ether oxygens (including phenoxy) is 1. The highest BCUT2D eigenvalue weighted by Gasteiger charge is 2.29. The van der Waals surface area contributed by atoms with Gasteiger partial charge >= 0.3 is 5.97 Å². The molecule has 0 aliphatic heterocycles. The molecule has 0 saturated heterocycles. The molecular formula is C20H25N3O4S. The van der Waals surface area contributed by atoms with Gasteiger partial charge in [-0.25, -0.2) is 9.78 Å². The number of aryl methyl sites for hydroxylation is 2. The Morgan fingerprint density at radius 3 is 2.82 bits per heavy atom. The van der Waals surface area contributed by atoms with Crippen LogP contribution in [0.4, 0.5) is 5.00 Å². The van der Waals surface area contributed by atoms with Crippen molar-refractivity contribution in [1.29, 1.82) is 0 Å². The lowest BCUT2D eigenvalue weighted by molar-refractivity contribution is -0.116. The molecule has 1 aliphatic rings. The zero-order chi connectivity index (χ0) is 20.4. The fraction of sp³-hybridized carbons (Fsp3) is 0.500. The van der Waals surface area contributed by atoms with Crippen LogP contribution in [0.2, 0.25) is 0 Å². The maximum Gasteiger partial charge on any atom is 0.341 e. The normalized spacial score (nSPS) is 15.8. The van der Waals surface area contributed by atoms with Gasteiger partial charge < -0.3 is 10.1 Å². The lowest BCUT2D eigenvalue weighted by atomic mass is 9.88. The third-order valence-corrected chi connectivity index (χ3v) is 6.04. The second-order valence-electron chi connectivity index (χ2n) is 7.19. The van der Waals surface area contributed by atoms with Crippen molar-refractivity contribution in [2.75, 3.05) is 11.9 Å². The predicted molar refractivity (Wildman–Crippen MR) is 108 cm³/mol. The summed E-state index contributed by atoms with van der Waals surface area (Å²) in [6, 6.07) is 1.40. The number of nitrogens with zero attached hydrogens (tertiary/aromatic N) is 2. The van der Waals surface area contributed by atoms with Crippen molar-refractivity contribution in [2.24, 2.45) is 5.92 Å². The number of amides is 1. The van der Waals surface area contributed by atoms with Gasteiger partial charge in [0, 0.05) is 16.6 Å². The Morgan fingerprint density at radius 2 is 2.14 bits per heavy atom. The van der Waals surface area contributed by atoms with Crippen molar-refractivity contribution >= 4 is 28.2 Å². The van der Waals surface area contributed by atoms with E-state index in [4.69, 9.17) is 4.74 Å². The second kappa shape index (κ2) is 8.26. The van der Waals surface area contributed by atoms with E-state index in [-0.39, 0.29) is 24.6 Å². The topological polar surface area (TPSA) is 90.3 Å². The van der Waals surface area contributed by atoms with Crippen LogP contribution in [-0.2, 0) is 28.9 Å². The third kappa shape index (κ3) is 4.16. The summed E-state index contributed by atoms with van der Waals surface area (Å²) in [7, 11) is 0. The van der Waals surface area contributed by atoms with Gasteiger partial charge in [-0.3, -0.25) is 14.2 Å². The standard InChI is InChI=1S/C20H25N3O4S/c1-5-27-20(26)18-14-7-6-11(2)8-15(14)28-19(18)22-16(24)10-23-13(4)21-12(3)9-17(23)25/h9,11H,5-8,10H2,1-4H3,(H,22,24)/t11-/m1/s1. The van der Waals surface area contributed by atoms with Gasteiger partial charge in [0.2, 0.25) is 5.91 Å². The fourth-order valence-corrected chi connectivity index (χ4v) is 4.94. The van der Waals surface area contributed by atoms with Crippen LogP contribution >= 0.6 is 11.3 Å². The molecule has 3 rings (SSSR count). The Labute approximate surface area is 167 Å². The predicted octanol–water partition coefficient (Wildman–Crippen LogP) is 2.86. The molecule has 2 aromatic rings. The smallest absolute Gasteiger partial charge is 0.341 e. The van der Waals surface area contributed by atoms with Crippen molar-refractivity contribution in [3.63, 3.8) is 0 Å². The van der Waals surface area contributed by atoms with Crippen LogP contribution < -0.4 is 10.9 Å². The number of aromatic nitrogens is 2. The van der Waals surface area contributed by atoms with Crippen LogP contribution in [-0.4, -0.2) is 28.0 Å². The number of thiophene rings is 1. The molecule has 1 amide bonds. The summed E-state index contributed by atoms with van der Waals surface area (Å²) in [4.78, 5) is 42.7. The maximum absolute atomic E-state index is 12.6. The minimum atomic E-state index is -0.407. The third-order valence-electron chi connectivity index (χ3n) is 4.87. The molecule has 7 nitrogen and oxygen atoms in total. The minimum absolute atomic E-state index is 0.154. The number of anilines is 1. The highest BCUT2D eigenvalue weighted by Crippen LogP contribution is 2.40. The SMILES string of the molecule is CCOC(=O)c1c(NC(=O)Cn2c(C)nc(C)cc2=O)sc2c1CC[C@@H](C)C2. The zero-order valence-corrected chi connectivity index (χ0v) is 17.4. The van der Waals surface area contributed by atoms with Crippen LogP contribution in [0.5, 0.6) is 0 Å². The van der Waals surface area contributed by atoms with Gasteiger partial charge in [0.05, 0.1) is 12.2 Å². The van der Waals surface area contributed by atoms with E-state index >= 15 is 0 Å². The summed E-state index contributed by atoms with van der Waals surface area (Å²) in [5.41, 5.74) is 1.80. The van der Waals surface area contributed by atoms with Gasteiger partial charge in [-0.1, -0.05) is 6.92 Å². The van der Waals surface area contributed by atoms with Crippen molar-refractivity contribution in [1.82, 2.24) is 9.55 Å². The highest BCUT2D eigenvalue weighted by atomic mass is 32.1. The largest absolute Gasteiger partial charge is 0.462 e. The quantitative estimate of drug-likeness (QED) is 0.776. The molecule has 1 N–H and O–H groups in total.